The van der Waals surface area contributed by atoms with Gasteiger partial charge >= 0.3 is 6.18 Å². The van der Waals surface area contributed by atoms with Gasteiger partial charge in [-0.15, -0.1) is 0 Å². The third-order valence-electron chi connectivity index (χ3n) is 3.07. The molecule has 1 aliphatic rings. The summed E-state index contributed by atoms with van der Waals surface area (Å²) in [7, 11) is 1.52. The Morgan fingerprint density at radius 1 is 1.28 bits per heavy atom. The highest BCUT2D eigenvalue weighted by atomic mass is 19.4. The fourth-order valence-corrected chi connectivity index (χ4v) is 1.67. The van der Waals surface area contributed by atoms with Gasteiger partial charge in [-0.2, -0.15) is 13.2 Å². The lowest BCUT2D eigenvalue weighted by molar-refractivity contribution is -0.144. The minimum atomic E-state index is -4.54. The van der Waals surface area contributed by atoms with E-state index < -0.39 is 12.0 Å². The predicted molar refractivity (Wildman–Crippen MR) is 62.4 cm³/mol. The molecule has 1 aliphatic carbocycles. The molecular weight excluding hydrogens is 245 g/mol. The molecule has 2 rings (SSSR count). The molecule has 1 heterocycles. The van der Waals surface area contributed by atoms with Crippen LogP contribution in [0.2, 0.25) is 0 Å². The highest BCUT2D eigenvalue weighted by molar-refractivity contribution is 5.49. The van der Waals surface area contributed by atoms with E-state index in [1.807, 2.05) is 0 Å². The van der Waals surface area contributed by atoms with Crippen molar-refractivity contribution in [3.63, 3.8) is 0 Å². The molecular formula is C11H15F3N4. The van der Waals surface area contributed by atoms with Crippen LogP contribution in [0.4, 0.5) is 24.8 Å². The molecule has 1 saturated carbocycles. The number of rotatable bonds is 3. The van der Waals surface area contributed by atoms with Crippen LogP contribution in [0.15, 0.2) is 6.07 Å². The molecule has 4 nitrogen and oxygen atoms in total. The molecule has 0 aromatic carbocycles. The van der Waals surface area contributed by atoms with Crippen LogP contribution in [0.1, 0.15) is 26.1 Å². The number of aromatic nitrogens is 2. The second-order valence-electron chi connectivity index (χ2n) is 5.10. The van der Waals surface area contributed by atoms with E-state index in [9.17, 15) is 13.2 Å². The summed E-state index contributed by atoms with van der Waals surface area (Å²) in [6.07, 6.45) is -3.62. The SMILES string of the molecule is CNc1cc(NC2CC2(C)C)nc(C(F)(F)F)n1. The smallest absolute Gasteiger partial charge is 0.373 e. The van der Waals surface area contributed by atoms with Crippen LogP contribution in [-0.2, 0) is 6.18 Å². The van der Waals surface area contributed by atoms with E-state index in [0.717, 1.165) is 6.42 Å². The van der Waals surface area contributed by atoms with Gasteiger partial charge in [-0.3, -0.25) is 0 Å². The molecule has 2 N–H and O–H groups in total. The third-order valence-corrected chi connectivity index (χ3v) is 3.07. The summed E-state index contributed by atoms with van der Waals surface area (Å²) in [5.41, 5.74) is 0.114. The van der Waals surface area contributed by atoms with Crippen molar-refractivity contribution < 1.29 is 13.2 Å². The van der Waals surface area contributed by atoms with Crippen LogP contribution < -0.4 is 10.6 Å². The van der Waals surface area contributed by atoms with E-state index in [4.69, 9.17) is 0 Å². The summed E-state index contributed by atoms with van der Waals surface area (Å²) in [6, 6.07) is 1.64. The average Bonchev–Trinajstić information content (AvgIpc) is 2.84. The molecule has 0 radical (unpaired) electrons. The van der Waals surface area contributed by atoms with Crippen molar-refractivity contribution >= 4 is 11.6 Å². The monoisotopic (exact) mass is 260 g/mol. The number of hydrogen-bond donors (Lipinski definition) is 2. The van der Waals surface area contributed by atoms with E-state index in [-0.39, 0.29) is 23.1 Å². The Labute approximate surface area is 103 Å². The van der Waals surface area contributed by atoms with Crippen LogP contribution in [-0.4, -0.2) is 23.1 Å². The van der Waals surface area contributed by atoms with E-state index in [1.165, 1.54) is 13.1 Å². The summed E-state index contributed by atoms with van der Waals surface area (Å²) >= 11 is 0. The Morgan fingerprint density at radius 3 is 2.28 bits per heavy atom. The summed E-state index contributed by atoms with van der Waals surface area (Å²) in [6.45, 7) is 4.10. The molecule has 100 valence electrons. The van der Waals surface area contributed by atoms with Crippen molar-refractivity contribution in [3.05, 3.63) is 11.9 Å². The second kappa shape index (κ2) is 4.00. The van der Waals surface area contributed by atoms with Crippen LogP contribution in [0.25, 0.3) is 0 Å². The van der Waals surface area contributed by atoms with Gasteiger partial charge in [0.15, 0.2) is 0 Å². The number of hydrogen-bond acceptors (Lipinski definition) is 4. The first-order valence-electron chi connectivity index (χ1n) is 5.63. The number of halogens is 3. The second-order valence-corrected chi connectivity index (χ2v) is 5.10. The first kappa shape index (κ1) is 12.9. The molecule has 1 fully saturated rings. The minimum absolute atomic E-state index is 0.114. The molecule has 0 aliphatic heterocycles. The van der Waals surface area contributed by atoms with Crippen molar-refractivity contribution in [3.8, 4) is 0 Å². The van der Waals surface area contributed by atoms with Gasteiger partial charge in [0, 0.05) is 19.2 Å². The molecule has 1 atom stereocenters. The molecule has 0 amide bonds. The standard InChI is InChI=1S/C11H15F3N4/c1-10(2)5-6(10)16-8-4-7(15-3)17-9(18-8)11(12,13)14/h4,6H,5H2,1-3H3,(H2,15,16,17,18). The van der Waals surface area contributed by atoms with Crippen LogP contribution in [0.5, 0.6) is 0 Å². The maximum absolute atomic E-state index is 12.6. The number of nitrogens with zero attached hydrogens (tertiary/aromatic N) is 2. The summed E-state index contributed by atoms with van der Waals surface area (Å²) < 4.78 is 37.8. The zero-order chi connectivity index (χ0) is 13.6. The summed E-state index contributed by atoms with van der Waals surface area (Å²) in [5.74, 6) is -0.772. The lowest BCUT2D eigenvalue weighted by atomic mass is 10.2. The van der Waals surface area contributed by atoms with Gasteiger partial charge in [0.25, 0.3) is 0 Å². The molecule has 1 aromatic rings. The Hall–Kier alpha value is -1.53. The normalized spacial score (nSPS) is 21.6. The minimum Gasteiger partial charge on any atom is -0.373 e. The number of nitrogens with one attached hydrogen (secondary N) is 2. The zero-order valence-electron chi connectivity index (χ0n) is 10.4. The molecule has 1 unspecified atom stereocenters. The Morgan fingerprint density at radius 2 is 1.83 bits per heavy atom. The molecule has 0 saturated heterocycles. The predicted octanol–water partition coefficient (Wildman–Crippen LogP) is 2.75. The van der Waals surface area contributed by atoms with Gasteiger partial charge in [-0.1, -0.05) is 13.8 Å². The van der Waals surface area contributed by atoms with Crippen LogP contribution in [0, 0.1) is 5.41 Å². The molecule has 0 spiro atoms. The first-order chi connectivity index (χ1) is 8.22. The van der Waals surface area contributed by atoms with Crippen molar-refractivity contribution in [1.29, 1.82) is 0 Å². The molecule has 18 heavy (non-hydrogen) atoms. The van der Waals surface area contributed by atoms with Gasteiger partial charge in [0.1, 0.15) is 11.6 Å². The fraction of sp³-hybridized carbons (Fsp3) is 0.636. The van der Waals surface area contributed by atoms with Gasteiger partial charge in [0.05, 0.1) is 0 Å². The molecule has 0 bridgehead atoms. The van der Waals surface area contributed by atoms with Crippen molar-refractivity contribution in [2.24, 2.45) is 5.41 Å². The topological polar surface area (TPSA) is 49.8 Å². The highest BCUT2D eigenvalue weighted by Crippen LogP contribution is 2.46. The Kier molecular flexibility index (Phi) is 2.87. The largest absolute Gasteiger partial charge is 0.451 e. The van der Waals surface area contributed by atoms with E-state index in [1.54, 1.807) is 0 Å². The lowest BCUT2D eigenvalue weighted by Crippen LogP contribution is -2.16. The number of anilines is 2. The third kappa shape index (κ3) is 2.65. The zero-order valence-corrected chi connectivity index (χ0v) is 10.4. The summed E-state index contributed by atoms with van der Waals surface area (Å²) in [4.78, 5) is 6.91. The highest BCUT2D eigenvalue weighted by Gasteiger charge is 2.46. The van der Waals surface area contributed by atoms with Gasteiger partial charge < -0.3 is 10.6 Å². The van der Waals surface area contributed by atoms with Crippen LogP contribution in [0.3, 0.4) is 0 Å². The fourth-order valence-electron chi connectivity index (χ4n) is 1.67. The van der Waals surface area contributed by atoms with Gasteiger partial charge in [0.2, 0.25) is 5.82 Å². The van der Waals surface area contributed by atoms with Crippen LogP contribution >= 0.6 is 0 Å². The molecule has 7 heteroatoms. The van der Waals surface area contributed by atoms with Crippen molar-refractivity contribution in [2.75, 3.05) is 17.7 Å². The summed E-state index contributed by atoms with van der Waals surface area (Å²) in [5, 5.41) is 5.61. The first-order valence-corrected chi connectivity index (χ1v) is 5.63. The van der Waals surface area contributed by atoms with E-state index in [0.29, 0.717) is 0 Å². The quantitative estimate of drug-likeness (QED) is 0.877. The Balaban J connectivity index is 2.25. The van der Waals surface area contributed by atoms with Gasteiger partial charge in [-0.05, 0) is 11.8 Å². The van der Waals surface area contributed by atoms with Gasteiger partial charge in [-0.25, -0.2) is 9.97 Å². The maximum Gasteiger partial charge on any atom is 0.451 e. The lowest BCUT2D eigenvalue weighted by Gasteiger charge is -2.12. The van der Waals surface area contributed by atoms with E-state index in [2.05, 4.69) is 34.4 Å². The maximum atomic E-state index is 12.6. The number of alkyl halides is 3. The average molecular weight is 260 g/mol. The Bertz CT molecular complexity index is 456. The van der Waals surface area contributed by atoms with Crippen molar-refractivity contribution in [1.82, 2.24) is 9.97 Å². The van der Waals surface area contributed by atoms with Crippen molar-refractivity contribution in [2.45, 2.75) is 32.5 Å². The molecule has 1 aromatic heterocycles. The van der Waals surface area contributed by atoms with E-state index >= 15 is 0 Å².